The van der Waals surface area contributed by atoms with E-state index in [1.54, 1.807) is 19.2 Å². The van der Waals surface area contributed by atoms with Gasteiger partial charge in [-0.1, -0.05) is 24.6 Å². The molecule has 0 saturated carbocycles. The minimum Gasteiger partial charge on any atom is -0.441 e. The van der Waals surface area contributed by atoms with Crippen LogP contribution < -0.4 is 5.32 Å². The number of hydrogen-bond acceptors (Lipinski definition) is 4. The summed E-state index contributed by atoms with van der Waals surface area (Å²) in [6.45, 7) is 3.76. The van der Waals surface area contributed by atoms with Crippen LogP contribution in [0.1, 0.15) is 24.1 Å². The lowest BCUT2D eigenvalue weighted by molar-refractivity contribution is -0.115. The number of fused-ring (bicyclic) bond motifs is 1. The molecule has 0 aliphatic rings. The third kappa shape index (κ3) is 3.35. The molecule has 0 saturated heterocycles. The fourth-order valence-corrected chi connectivity index (χ4v) is 2.70. The van der Waals surface area contributed by atoms with Gasteiger partial charge < -0.3 is 9.73 Å². The Labute approximate surface area is 138 Å². The first-order chi connectivity index (χ1) is 11.1. The van der Waals surface area contributed by atoms with Gasteiger partial charge in [0, 0.05) is 13.1 Å². The maximum Gasteiger partial charge on any atom is 0.228 e. The van der Waals surface area contributed by atoms with Crippen LogP contribution in [0.25, 0.3) is 11.1 Å². The summed E-state index contributed by atoms with van der Waals surface area (Å²) >= 11 is 6.24. The van der Waals surface area contributed by atoms with E-state index in [-0.39, 0.29) is 12.3 Å². The van der Waals surface area contributed by atoms with Gasteiger partial charge in [-0.25, -0.2) is 4.98 Å². The molecule has 0 bridgehead atoms. The van der Waals surface area contributed by atoms with Crippen LogP contribution in [0, 0.1) is 6.92 Å². The number of anilines is 1. The van der Waals surface area contributed by atoms with Crippen molar-refractivity contribution in [3.8, 4) is 0 Å². The molecule has 1 N–H and O–H groups in total. The normalized spacial score (nSPS) is 10.9. The number of nitrogens with zero attached hydrogens (tertiary/aromatic N) is 2. The monoisotopic (exact) mass is 329 g/mol. The van der Waals surface area contributed by atoms with E-state index in [0.717, 1.165) is 22.4 Å². The first-order valence-electron chi connectivity index (χ1n) is 7.36. The number of pyridine rings is 1. The number of carbonyl (C=O) groups excluding carboxylic acids is 1. The van der Waals surface area contributed by atoms with Gasteiger partial charge in [0.2, 0.25) is 5.91 Å². The molecule has 0 spiro atoms. The van der Waals surface area contributed by atoms with Gasteiger partial charge in [0.25, 0.3) is 0 Å². The van der Waals surface area contributed by atoms with Crippen molar-refractivity contribution < 1.29 is 9.21 Å². The average molecular weight is 330 g/mol. The second-order valence-electron chi connectivity index (χ2n) is 5.23. The van der Waals surface area contributed by atoms with Crippen LogP contribution in [0.3, 0.4) is 0 Å². The number of rotatable bonds is 4. The SMILES string of the molecule is CCc1nccc(NC(=O)Cc2ccc3oc(C)nc3c2)c1Cl. The number of carbonyl (C=O) groups is 1. The summed E-state index contributed by atoms with van der Waals surface area (Å²) in [7, 11) is 0. The highest BCUT2D eigenvalue weighted by Crippen LogP contribution is 2.25. The summed E-state index contributed by atoms with van der Waals surface area (Å²) in [5.74, 6) is 0.469. The summed E-state index contributed by atoms with van der Waals surface area (Å²) in [5, 5.41) is 3.32. The molecule has 0 aliphatic heterocycles. The summed E-state index contributed by atoms with van der Waals surface area (Å²) in [6.07, 6.45) is 2.59. The van der Waals surface area contributed by atoms with E-state index in [1.165, 1.54) is 0 Å². The zero-order valence-corrected chi connectivity index (χ0v) is 13.6. The Morgan fingerprint density at radius 1 is 1.35 bits per heavy atom. The van der Waals surface area contributed by atoms with Crippen molar-refractivity contribution >= 4 is 34.3 Å². The van der Waals surface area contributed by atoms with Crippen LogP contribution in [0.15, 0.2) is 34.9 Å². The van der Waals surface area contributed by atoms with Crippen molar-refractivity contribution in [2.24, 2.45) is 0 Å². The van der Waals surface area contributed by atoms with E-state index in [0.29, 0.717) is 23.0 Å². The zero-order valence-electron chi connectivity index (χ0n) is 12.9. The van der Waals surface area contributed by atoms with Crippen molar-refractivity contribution in [1.82, 2.24) is 9.97 Å². The first kappa shape index (κ1) is 15.5. The second kappa shape index (κ2) is 6.38. The molecular formula is C17H16ClN3O2. The maximum absolute atomic E-state index is 12.2. The van der Waals surface area contributed by atoms with E-state index in [2.05, 4.69) is 15.3 Å². The number of aromatic nitrogens is 2. The van der Waals surface area contributed by atoms with Crippen LogP contribution in [-0.4, -0.2) is 15.9 Å². The van der Waals surface area contributed by atoms with Gasteiger partial charge in [-0.05, 0) is 30.2 Å². The number of aryl methyl sites for hydroxylation is 2. The molecule has 1 aromatic carbocycles. The van der Waals surface area contributed by atoms with Gasteiger partial charge in [-0.3, -0.25) is 9.78 Å². The van der Waals surface area contributed by atoms with Crippen LogP contribution in [0.4, 0.5) is 5.69 Å². The van der Waals surface area contributed by atoms with Gasteiger partial charge in [-0.15, -0.1) is 0 Å². The predicted octanol–water partition coefficient (Wildman–Crippen LogP) is 3.93. The lowest BCUT2D eigenvalue weighted by Crippen LogP contribution is -2.15. The largest absolute Gasteiger partial charge is 0.441 e. The van der Waals surface area contributed by atoms with Gasteiger partial charge in [-0.2, -0.15) is 0 Å². The third-order valence-electron chi connectivity index (χ3n) is 3.49. The minimum atomic E-state index is -0.139. The van der Waals surface area contributed by atoms with Crippen molar-refractivity contribution in [3.05, 3.63) is 52.6 Å². The smallest absolute Gasteiger partial charge is 0.228 e. The molecule has 5 nitrogen and oxygen atoms in total. The topological polar surface area (TPSA) is 68.0 Å². The number of hydrogen-bond donors (Lipinski definition) is 1. The fourth-order valence-electron chi connectivity index (χ4n) is 2.41. The molecule has 0 unspecified atom stereocenters. The predicted molar refractivity (Wildman–Crippen MR) is 89.7 cm³/mol. The molecule has 0 atom stereocenters. The number of benzene rings is 1. The van der Waals surface area contributed by atoms with Crippen LogP contribution in [0.5, 0.6) is 0 Å². The molecule has 0 radical (unpaired) electrons. The summed E-state index contributed by atoms with van der Waals surface area (Å²) < 4.78 is 5.43. The lowest BCUT2D eigenvalue weighted by Gasteiger charge is -2.09. The molecule has 0 aliphatic carbocycles. The zero-order chi connectivity index (χ0) is 16.4. The van der Waals surface area contributed by atoms with Gasteiger partial charge >= 0.3 is 0 Å². The Morgan fingerprint density at radius 2 is 2.17 bits per heavy atom. The van der Waals surface area contributed by atoms with Gasteiger partial charge in [0.15, 0.2) is 11.5 Å². The van der Waals surface area contributed by atoms with Crippen molar-refractivity contribution in [1.29, 1.82) is 0 Å². The number of halogens is 1. The Morgan fingerprint density at radius 3 is 2.96 bits per heavy atom. The van der Waals surface area contributed by atoms with E-state index in [9.17, 15) is 4.79 Å². The average Bonchev–Trinajstić information content (AvgIpc) is 2.88. The molecule has 2 heterocycles. The summed E-state index contributed by atoms with van der Waals surface area (Å²) in [4.78, 5) is 20.7. The standard InChI is InChI=1S/C17H16ClN3O2/c1-3-12-17(18)13(6-7-19-12)21-16(22)9-11-4-5-15-14(8-11)20-10(2)23-15/h4-8H,3,9H2,1-2H3,(H,19,21,22). The first-order valence-corrected chi connectivity index (χ1v) is 7.74. The molecular weight excluding hydrogens is 314 g/mol. The fraction of sp³-hybridized carbons (Fsp3) is 0.235. The van der Waals surface area contributed by atoms with E-state index < -0.39 is 0 Å². The summed E-state index contributed by atoms with van der Waals surface area (Å²) in [5.41, 5.74) is 3.69. The quantitative estimate of drug-likeness (QED) is 0.787. The lowest BCUT2D eigenvalue weighted by atomic mass is 10.1. The highest BCUT2D eigenvalue weighted by Gasteiger charge is 2.11. The van der Waals surface area contributed by atoms with Crippen molar-refractivity contribution in [2.75, 3.05) is 5.32 Å². The molecule has 2 aromatic heterocycles. The molecule has 118 valence electrons. The highest BCUT2D eigenvalue weighted by molar-refractivity contribution is 6.34. The Bertz CT molecular complexity index is 873. The molecule has 6 heteroatoms. The third-order valence-corrected chi connectivity index (χ3v) is 3.92. The second-order valence-corrected chi connectivity index (χ2v) is 5.61. The van der Waals surface area contributed by atoms with E-state index in [4.69, 9.17) is 16.0 Å². The van der Waals surface area contributed by atoms with Gasteiger partial charge in [0.1, 0.15) is 5.52 Å². The Hall–Kier alpha value is -2.40. The maximum atomic E-state index is 12.2. The Balaban J connectivity index is 1.75. The molecule has 3 aromatic rings. The number of nitrogens with one attached hydrogen (secondary N) is 1. The number of amides is 1. The van der Waals surface area contributed by atoms with Crippen molar-refractivity contribution in [2.45, 2.75) is 26.7 Å². The Kier molecular flexibility index (Phi) is 4.30. The van der Waals surface area contributed by atoms with E-state index >= 15 is 0 Å². The van der Waals surface area contributed by atoms with Crippen LogP contribution in [0.2, 0.25) is 5.02 Å². The minimum absolute atomic E-state index is 0.139. The van der Waals surface area contributed by atoms with Gasteiger partial charge in [0.05, 0.1) is 22.8 Å². The summed E-state index contributed by atoms with van der Waals surface area (Å²) in [6, 6.07) is 7.24. The molecule has 0 fully saturated rings. The molecule has 1 amide bonds. The van der Waals surface area contributed by atoms with Crippen molar-refractivity contribution in [3.63, 3.8) is 0 Å². The molecule has 23 heavy (non-hydrogen) atoms. The van der Waals surface area contributed by atoms with E-state index in [1.807, 2.05) is 25.1 Å². The number of oxazole rings is 1. The molecule has 3 rings (SSSR count). The van der Waals surface area contributed by atoms with Crippen LogP contribution in [-0.2, 0) is 17.6 Å². The van der Waals surface area contributed by atoms with Crippen LogP contribution >= 0.6 is 11.6 Å². The highest BCUT2D eigenvalue weighted by atomic mass is 35.5.